The van der Waals surface area contributed by atoms with E-state index in [9.17, 15) is 0 Å². The summed E-state index contributed by atoms with van der Waals surface area (Å²) in [6.45, 7) is 1.83. The van der Waals surface area contributed by atoms with E-state index in [1.165, 1.54) is 6.42 Å². The quantitative estimate of drug-likeness (QED) is 0.600. The molecule has 0 amide bonds. The summed E-state index contributed by atoms with van der Waals surface area (Å²) in [6, 6.07) is 1.93. The average molecular weight is 138 g/mol. The molecule has 0 saturated carbocycles. The van der Waals surface area contributed by atoms with Crippen molar-refractivity contribution in [3.63, 3.8) is 0 Å². The molecule has 10 heavy (non-hydrogen) atoms. The normalized spacial score (nSPS) is 24.2. The zero-order valence-corrected chi connectivity index (χ0v) is 5.73. The summed E-state index contributed by atoms with van der Waals surface area (Å²) in [4.78, 5) is 0. The zero-order valence-electron chi connectivity index (χ0n) is 5.73. The zero-order chi connectivity index (χ0) is 6.81. The second kappa shape index (κ2) is 2.42. The fourth-order valence-electron chi connectivity index (χ4n) is 1.05. The predicted octanol–water partition coefficient (Wildman–Crippen LogP) is 0.672. The Balaban J connectivity index is 1.90. The van der Waals surface area contributed by atoms with E-state index in [1.54, 1.807) is 6.20 Å². The van der Waals surface area contributed by atoms with Crippen LogP contribution in [0.15, 0.2) is 18.5 Å². The van der Waals surface area contributed by atoms with Crippen LogP contribution in [0.25, 0.3) is 0 Å². The highest BCUT2D eigenvalue weighted by atomic mass is 16.5. The Labute approximate surface area is 59.6 Å². The fraction of sp³-hybridized carbons (Fsp3) is 0.571. The molecule has 1 aliphatic heterocycles. The van der Waals surface area contributed by atoms with Crippen molar-refractivity contribution >= 4 is 0 Å². The van der Waals surface area contributed by atoms with Crippen LogP contribution in [-0.2, 0) is 11.3 Å². The van der Waals surface area contributed by atoms with Crippen molar-refractivity contribution in [3.8, 4) is 0 Å². The van der Waals surface area contributed by atoms with E-state index in [0.29, 0.717) is 6.10 Å². The first kappa shape index (κ1) is 5.92. The van der Waals surface area contributed by atoms with Gasteiger partial charge in [0.25, 0.3) is 0 Å². The molecule has 2 heterocycles. The monoisotopic (exact) mass is 138 g/mol. The van der Waals surface area contributed by atoms with Crippen LogP contribution in [-0.4, -0.2) is 22.5 Å². The van der Waals surface area contributed by atoms with Gasteiger partial charge in [0.05, 0.1) is 12.6 Å². The van der Waals surface area contributed by atoms with Gasteiger partial charge in [-0.3, -0.25) is 4.68 Å². The fourth-order valence-corrected chi connectivity index (χ4v) is 1.05. The van der Waals surface area contributed by atoms with E-state index in [4.69, 9.17) is 4.74 Å². The van der Waals surface area contributed by atoms with Crippen LogP contribution >= 0.6 is 0 Å². The van der Waals surface area contributed by atoms with Gasteiger partial charge in [-0.05, 0) is 12.5 Å². The Bertz CT molecular complexity index is 191. The Morgan fingerprint density at radius 3 is 3.10 bits per heavy atom. The third-order valence-corrected chi connectivity index (χ3v) is 1.74. The van der Waals surface area contributed by atoms with Crippen LogP contribution < -0.4 is 0 Å². The Hall–Kier alpha value is -0.830. The molecule has 1 aromatic heterocycles. The van der Waals surface area contributed by atoms with E-state index < -0.39 is 0 Å². The van der Waals surface area contributed by atoms with E-state index >= 15 is 0 Å². The number of aromatic nitrogens is 2. The lowest BCUT2D eigenvalue weighted by molar-refractivity contribution is -0.0609. The topological polar surface area (TPSA) is 27.1 Å². The second-order valence-corrected chi connectivity index (χ2v) is 2.51. The number of hydrogen-bond acceptors (Lipinski definition) is 2. The molecule has 0 aliphatic carbocycles. The van der Waals surface area contributed by atoms with Crippen LogP contribution in [0, 0.1) is 0 Å². The summed E-state index contributed by atoms with van der Waals surface area (Å²) in [5.41, 5.74) is 0. The van der Waals surface area contributed by atoms with Gasteiger partial charge in [-0.15, -0.1) is 0 Å². The average Bonchev–Trinajstić information content (AvgIpc) is 2.29. The number of ether oxygens (including phenoxy) is 1. The van der Waals surface area contributed by atoms with Crippen LogP contribution in [0.2, 0.25) is 0 Å². The van der Waals surface area contributed by atoms with Gasteiger partial charge in [0, 0.05) is 19.0 Å². The minimum atomic E-state index is 0.417. The highest BCUT2D eigenvalue weighted by molar-refractivity contribution is 4.79. The van der Waals surface area contributed by atoms with Crippen molar-refractivity contribution in [1.29, 1.82) is 0 Å². The maximum Gasteiger partial charge on any atom is 0.0792 e. The summed E-state index contributed by atoms with van der Waals surface area (Å²) in [7, 11) is 0. The van der Waals surface area contributed by atoms with Crippen molar-refractivity contribution in [3.05, 3.63) is 18.5 Å². The molecule has 1 aromatic rings. The van der Waals surface area contributed by atoms with Crippen LogP contribution in [0.5, 0.6) is 0 Å². The lowest BCUT2D eigenvalue weighted by Crippen LogP contribution is -2.31. The Morgan fingerprint density at radius 2 is 2.60 bits per heavy atom. The summed E-state index contributed by atoms with van der Waals surface area (Å²) in [5.74, 6) is 0. The first-order valence-corrected chi connectivity index (χ1v) is 3.54. The highest BCUT2D eigenvalue weighted by Crippen LogP contribution is 2.11. The molecule has 1 atom stereocenters. The standard InChI is InChI=1S/C7H10N2O/c1-3-8-9(4-1)6-7-2-5-10-7/h1,3-4,7H,2,5-6H2. The van der Waals surface area contributed by atoms with Gasteiger partial charge in [-0.2, -0.15) is 5.10 Å². The molecule has 3 heteroatoms. The molecule has 0 spiro atoms. The number of nitrogens with zero attached hydrogens (tertiary/aromatic N) is 2. The van der Waals surface area contributed by atoms with Gasteiger partial charge < -0.3 is 4.74 Å². The van der Waals surface area contributed by atoms with Crippen molar-refractivity contribution in [2.75, 3.05) is 6.61 Å². The predicted molar refractivity (Wildman–Crippen MR) is 36.6 cm³/mol. The summed E-state index contributed by atoms with van der Waals surface area (Å²) >= 11 is 0. The SMILES string of the molecule is c1cnn(CC2CCO2)c1. The molecule has 0 aromatic carbocycles. The summed E-state index contributed by atoms with van der Waals surface area (Å²) < 4.78 is 7.15. The number of hydrogen-bond donors (Lipinski definition) is 0. The van der Waals surface area contributed by atoms with Gasteiger partial charge in [-0.1, -0.05) is 0 Å². The largest absolute Gasteiger partial charge is 0.376 e. The van der Waals surface area contributed by atoms with Crippen LogP contribution in [0.3, 0.4) is 0 Å². The van der Waals surface area contributed by atoms with E-state index in [0.717, 1.165) is 13.2 Å². The molecule has 3 nitrogen and oxygen atoms in total. The van der Waals surface area contributed by atoms with Crippen molar-refractivity contribution in [2.45, 2.75) is 19.1 Å². The molecular formula is C7H10N2O. The molecule has 54 valence electrons. The second-order valence-electron chi connectivity index (χ2n) is 2.51. The van der Waals surface area contributed by atoms with Gasteiger partial charge >= 0.3 is 0 Å². The van der Waals surface area contributed by atoms with Crippen LogP contribution in [0.1, 0.15) is 6.42 Å². The summed E-state index contributed by atoms with van der Waals surface area (Å²) in [6.07, 6.45) is 5.35. The minimum Gasteiger partial charge on any atom is -0.376 e. The van der Waals surface area contributed by atoms with Crippen molar-refractivity contribution in [2.24, 2.45) is 0 Å². The highest BCUT2D eigenvalue weighted by Gasteiger charge is 2.17. The Kier molecular flexibility index (Phi) is 1.43. The van der Waals surface area contributed by atoms with Gasteiger partial charge in [0.15, 0.2) is 0 Å². The maximum atomic E-state index is 5.24. The molecule has 1 aliphatic rings. The van der Waals surface area contributed by atoms with Crippen LogP contribution in [0.4, 0.5) is 0 Å². The maximum absolute atomic E-state index is 5.24. The third-order valence-electron chi connectivity index (χ3n) is 1.74. The van der Waals surface area contributed by atoms with E-state index in [1.807, 2.05) is 16.9 Å². The molecule has 1 fully saturated rings. The third kappa shape index (κ3) is 1.04. The first-order valence-electron chi connectivity index (χ1n) is 3.54. The number of rotatable bonds is 2. The molecule has 0 radical (unpaired) electrons. The first-order chi connectivity index (χ1) is 4.95. The van der Waals surface area contributed by atoms with Gasteiger partial charge in [0.1, 0.15) is 0 Å². The van der Waals surface area contributed by atoms with Gasteiger partial charge in [-0.25, -0.2) is 0 Å². The molecule has 0 N–H and O–H groups in total. The summed E-state index contributed by atoms with van der Waals surface area (Å²) in [5, 5.41) is 4.07. The Morgan fingerprint density at radius 1 is 1.70 bits per heavy atom. The molecule has 0 bridgehead atoms. The molecule has 1 saturated heterocycles. The van der Waals surface area contributed by atoms with E-state index in [-0.39, 0.29) is 0 Å². The van der Waals surface area contributed by atoms with Crippen molar-refractivity contribution in [1.82, 2.24) is 9.78 Å². The molecule has 2 rings (SSSR count). The molecule has 1 unspecified atom stereocenters. The smallest absolute Gasteiger partial charge is 0.0792 e. The minimum absolute atomic E-state index is 0.417. The lowest BCUT2D eigenvalue weighted by atomic mass is 10.2. The van der Waals surface area contributed by atoms with Gasteiger partial charge in [0.2, 0.25) is 0 Å². The molecular weight excluding hydrogens is 128 g/mol. The van der Waals surface area contributed by atoms with E-state index in [2.05, 4.69) is 5.10 Å². The van der Waals surface area contributed by atoms with Crippen molar-refractivity contribution < 1.29 is 4.74 Å². The lowest BCUT2D eigenvalue weighted by Gasteiger charge is -2.25.